The Morgan fingerprint density at radius 3 is 3.00 bits per heavy atom. The zero-order valence-electron chi connectivity index (χ0n) is 11.2. The molecule has 1 N–H and O–H groups in total. The van der Waals surface area contributed by atoms with Crippen LogP contribution < -0.4 is 5.32 Å². The van der Waals surface area contributed by atoms with Crippen molar-refractivity contribution in [3.8, 4) is 6.07 Å². The molecule has 0 radical (unpaired) electrons. The van der Waals surface area contributed by atoms with Gasteiger partial charge in [0.25, 0.3) is 0 Å². The monoisotopic (exact) mass is 249 g/mol. The van der Waals surface area contributed by atoms with E-state index in [1.54, 1.807) is 0 Å². The summed E-state index contributed by atoms with van der Waals surface area (Å²) in [5.41, 5.74) is 0. The van der Waals surface area contributed by atoms with Crippen LogP contribution in [0.5, 0.6) is 0 Å². The molecule has 0 aromatic rings. The molecule has 2 aliphatic rings. The van der Waals surface area contributed by atoms with Gasteiger partial charge < -0.3 is 5.32 Å². The number of carbonyl (C=O) groups is 1. The van der Waals surface area contributed by atoms with Gasteiger partial charge in [-0.2, -0.15) is 5.26 Å². The maximum Gasteiger partial charge on any atom is 0.221 e. The smallest absolute Gasteiger partial charge is 0.221 e. The van der Waals surface area contributed by atoms with E-state index in [4.69, 9.17) is 0 Å². The van der Waals surface area contributed by atoms with Gasteiger partial charge in [-0.05, 0) is 25.2 Å². The average Bonchev–Trinajstić information content (AvgIpc) is 2.62. The van der Waals surface area contributed by atoms with Gasteiger partial charge in [-0.25, -0.2) is 0 Å². The summed E-state index contributed by atoms with van der Waals surface area (Å²) in [7, 11) is 0. The largest absolute Gasteiger partial charge is 0.355 e. The van der Waals surface area contributed by atoms with Gasteiger partial charge in [0.15, 0.2) is 0 Å². The Kier molecular flexibility index (Phi) is 4.60. The maximum atomic E-state index is 11.4. The minimum atomic E-state index is 0.147. The second kappa shape index (κ2) is 6.19. The molecule has 1 aliphatic carbocycles. The molecule has 0 aromatic heterocycles. The van der Waals surface area contributed by atoms with E-state index in [0.717, 1.165) is 38.4 Å². The highest BCUT2D eigenvalue weighted by molar-refractivity contribution is 5.76. The van der Waals surface area contributed by atoms with Crippen LogP contribution in [0.4, 0.5) is 0 Å². The highest BCUT2D eigenvalue weighted by atomic mass is 16.1. The molecule has 1 saturated carbocycles. The van der Waals surface area contributed by atoms with E-state index in [1.807, 2.05) is 0 Å². The zero-order valence-corrected chi connectivity index (χ0v) is 11.2. The highest BCUT2D eigenvalue weighted by Crippen LogP contribution is 2.33. The minimum Gasteiger partial charge on any atom is -0.355 e. The lowest BCUT2D eigenvalue weighted by Crippen LogP contribution is -2.45. The molecule has 3 atom stereocenters. The third-order valence-corrected chi connectivity index (χ3v) is 4.48. The lowest BCUT2D eigenvalue weighted by atomic mass is 9.77. The maximum absolute atomic E-state index is 11.4. The summed E-state index contributed by atoms with van der Waals surface area (Å²) in [6.45, 7) is 4.67. The van der Waals surface area contributed by atoms with Crippen LogP contribution >= 0.6 is 0 Å². The number of nitrogens with zero attached hydrogens (tertiary/aromatic N) is 2. The molecule has 1 aliphatic heterocycles. The molecule has 4 heteroatoms. The Bertz CT molecular complexity index is 336. The molecule has 4 nitrogen and oxygen atoms in total. The molecule has 0 spiro atoms. The van der Waals surface area contributed by atoms with Gasteiger partial charge in [0.2, 0.25) is 5.91 Å². The number of carbonyl (C=O) groups excluding carboxylic acids is 1. The van der Waals surface area contributed by atoms with E-state index in [0.29, 0.717) is 12.5 Å². The molecule has 2 rings (SSSR count). The summed E-state index contributed by atoms with van der Waals surface area (Å²) in [4.78, 5) is 13.7. The third-order valence-electron chi connectivity index (χ3n) is 4.48. The predicted octanol–water partition coefficient (Wildman–Crippen LogP) is 1.53. The van der Waals surface area contributed by atoms with E-state index in [-0.39, 0.29) is 11.8 Å². The first-order valence-corrected chi connectivity index (χ1v) is 7.15. The van der Waals surface area contributed by atoms with Crippen molar-refractivity contribution in [1.29, 1.82) is 5.26 Å². The molecule has 100 valence electrons. The predicted molar refractivity (Wildman–Crippen MR) is 69.7 cm³/mol. The van der Waals surface area contributed by atoms with Crippen LogP contribution in [-0.2, 0) is 4.79 Å². The number of nitrogens with one attached hydrogen (secondary N) is 1. The Labute approximate surface area is 109 Å². The van der Waals surface area contributed by atoms with Crippen LogP contribution in [0.25, 0.3) is 0 Å². The number of hydrogen-bond donors (Lipinski definition) is 1. The van der Waals surface area contributed by atoms with Crippen molar-refractivity contribution in [2.24, 2.45) is 11.8 Å². The van der Waals surface area contributed by atoms with E-state index in [1.165, 1.54) is 12.8 Å². The first kappa shape index (κ1) is 13.4. The molecule has 18 heavy (non-hydrogen) atoms. The van der Waals surface area contributed by atoms with Gasteiger partial charge in [-0.3, -0.25) is 9.69 Å². The molecule has 1 heterocycles. The van der Waals surface area contributed by atoms with Crippen LogP contribution in [0.15, 0.2) is 0 Å². The molecule has 1 amide bonds. The number of amides is 1. The van der Waals surface area contributed by atoms with Crippen molar-refractivity contribution in [1.82, 2.24) is 10.2 Å². The van der Waals surface area contributed by atoms with E-state index >= 15 is 0 Å². The van der Waals surface area contributed by atoms with Crippen molar-refractivity contribution in [3.63, 3.8) is 0 Å². The van der Waals surface area contributed by atoms with E-state index in [2.05, 4.69) is 23.2 Å². The van der Waals surface area contributed by atoms with Crippen LogP contribution in [0.3, 0.4) is 0 Å². The van der Waals surface area contributed by atoms with Crippen LogP contribution in [-0.4, -0.2) is 36.5 Å². The second-order valence-corrected chi connectivity index (χ2v) is 5.53. The van der Waals surface area contributed by atoms with E-state index < -0.39 is 0 Å². The number of nitriles is 1. The fourth-order valence-electron chi connectivity index (χ4n) is 3.27. The van der Waals surface area contributed by atoms with E-state index in [9.17, 15) is 10.1 Å². The van der Waals surface area contributed by atoms with Gasteiger partial charge in [0.1, 0.15) is 0 Å². The summed E-state index contributed by atoms with van der Waals surface area (Å²) >= 11 is 0. The molecule has 1 saturated heterocycles. The molecule has 3 unspecified atom stereocenters. The first-order valence-electron chi connectivity index (χ1n) is 7.15. The van der Waals surface area contributed by atoms with Crippen molar-refractivity contribution >= 4 is 5.91 Å². The SMILES string of the molecule is CCC1CCC(C#N)C(N2CCNC(=O)CC2)C1. The van der Waals surface area contributed by atoms with Crippen LogP contribution in [0, 0.1) is 23.2 Å². The number of rotatable bonds is 2. The summed E-state index contributed by atoms with van der Waals surface area (Å²) in [6, 6.07) is 2.84. The second-order valence-electron chi connectivity index (χ2n) is 5.53. The van der Waals surface area contributed by atoms with Crippen LogP contribution in [0.1, 0.15) is 39.0 Å². The third kappa shape index (κ3) is 3.02. The topological polar surface area (TPSA) is 56.1 Å². The molecule has 0 aromatic carbocycles. The summed E-state index contributed by atoms with van der Waals surface area (Å²) in [6.07, 6.45) is 5.13. The van der Waals surface area contributed by atoms with Crippen LogP contribution in [0.2, 0.25) is 0 Å². The van der Waals surface area contributed by atoms with Crippen molar-refractivity contribution < 1.29 is 4.79 Å². The molecule has 2 fully saturated rings. The Morgan fingerprint density at radius 2 is 2.28 bits per heavy atom. The van der Waals surface area contributed by atoms with Gasteiger partial charge in [-0.15, -0.1) is 0 Å². The van der Waals surface area contributed by atoms with Crippen molar-refractivity contribution in [2.45, 2.75) is 45.1 Å². The Balaban J connectivity index is 2.02. The highest BCUT2D eigenvalue weighted by Gasteiger charge is 2.34. The average molecular weight is 249 g/mol. The minimum absolute atomic E-state index is 0.147. The van der Waals surface area contributed by atoms with Crippen molar-refractivity contribution in [2.75, 3.05) is 19.6 Å². The first-order chi connectivity index (χ1) is 8.74. The normalized spacial score (nSPS) is 34.4. The Hall–Kier alpha value is -1.08. The molecule has 0 bridgehead atoms. The molecular formula is C14H23N3O. The van der Waals surface area contributed by atoms with Gasteiger partial charge >= 0.3 is 0 Å². The lowest BCUT2D eigenvalue weighted by molar-refractivity contribution is -0.120. The van der Waals surface area contributed by atoms with Gasteiger partial charge in [0, 0.05) is 32.1 Å². The quantitative estimate of drug-likeness (QED) is 0.807. The Morgan fingerprint density at radius 1 is 1.44 bits per heavy atom. The fraction of sp³-hybridized carbons (Fsp3) is 0.857. The lowest BCUT2D eigenvalue weighted by Gasteiger charge is -2.39. The summed E-state index contributed by atoms with van der Waals surface area (Å²) in [5.74, 6) is 1.06. The van der Waals surface area contributed by atoms with Gasteiger partial charge in [-0.1, -0.05) is 13.3 Å². The molecular weight excluding hydrogens is 226 g/mol. The van der Waals surface area contributed by atoms with Gasteiger partial charge in [0.05, 0.1) is 12.0 Å². The fourth-order valence-corrected chi connectivity index (χ4v) is 3.27. The van der Waals surface area contributed by atoms with Crippen molar-refractivity contribution in [3.05, 3.63) is 0 Å². The zero-order chi connectivity index (χ0) is 13.0. The summed E-state index contributed by atoms with van der Waals surface area (Å²) in [5, 5.41) is 12.2. The summed E-state index contributed by atoms with van der Waals surface area (Å²) < 4.78 is 0. The number of hydrogen-bond acceptors (Lipinski definition) is 3. The standard InChI is InChI=1S/C14H23N3O/c1-2-11-3-4-12(10-15)13(9-11)17-7-5-14(18)16-6-8-17/h11-13H,2-9H2,1H3,(H,16,18).